The van der Waals surface area contributed by atoms with Crippen molar-refractivity contribution in [3.8, 4) is 0 Å². The lowest BCUT2D eigenvalue weighted by molar-refractivity contribution is -0.145. The van der Waals surface area contributed by atoms with Gasteiger partial charge in [-0.15, -0.1) is 0 Å². The molecule has 20 heavy (non-hydrogen) atoms. The second kappa shape index (κ2) is 6.87. The Kier molecular flexibility index (Phi) is 5.41. The minimum atomic E-state index is -0.721. The van der Waals surface area contributed by atoms with Crippen LogP contribution in [0.1, 0.15) is 45.4 Å². The predicted octanol–water partition coefficient (Wildman–Crippen LogP) is 1.47. The highest BCUT2D eigenvalue weighted by molar-refractivity contribution is 5.78. The van der Waals surface area contributed by atoms with E-state index in [1.54, 1.807) is 7.11 Å². The molecular weight excluding hydrogens is 256 g/mol. The number of likely N-dealkylation sites (tertiary alicyclic amines) is 1. The third-order valence-corrected chi connectivity index (χ3v) is 4.71. The SMILES string of the molecule is CCC(CCCN1CCC(OC)C1)(NC1CC1)C(=O)O. The van der Waals surface area contributed by atoms with Crippen molar-refractivity contribution in [3.63, 3.8) is 0 Å². The largest absolute Gasteiger partial charge is 0.480 e. The molecule has 2 rings (SSSR count). The molecule has 1 aliphatic carbocycles. The van der Waals surface area contributed by atoms with E-state index < -0.39 is 11.5 Å². The smallest absolute Gasteiger partial charge is 0.323 e. The molecule has 2 unspecified atom stereocenters. The zero-order valence-electron chi connectivity index (χ0n) is 12.7. The average Bonchev–Trinajstić information content (AvgIpc) is 3.13. The van der Waals surface area contributed by atoms with Crippen LogP contribution in [0.4, 0.5) is 0 Å². The molecule has 0 bridgehead atoms. The molecule has 0 aromatic heterocycles. The van der Waals surface area contributed by atoms with Gasteiger partial charge in [0.2, 0.25) is 0 Å². The summed E-state index contributed by atoms with van der Waals surface area (Å²) in [5.74, 6) is -0.692. The van der Waals surface area contributed by atoms with Crippen molar-refractivity contribution in [2.45, 2.75) is 63.1 Å². The van der Waals surface area contributed by atoms with Crippen LogP contribution in [0.15, 0.2) is 0 Å². The summed E-state index contributed by atoms with van der Waals surface area (Å²) in [7, 11) is 1.76. The van der Waals surface area contributed by atoms with Gasteiger partial charge in [0.25, 0.3) is 0 Å². The van der Waals surface area contributed by atoms with Crippen molar-refractivity contribution < 1.29 is 14.6 Å². The maximum atomic E-state index is 11.6. The molecule has 0 aromatic rings. The van der Waals surface area contributed by atoms with Gasteiger partial charge in [0.05, 0.1) is 6.10 Å². The van der Waals surface area contributed by atoms with Gasteiger partial charge in [0.15, 0.2) is 0 Å². The van der Waals surface area contributed by atoms with E-state index in [4.69, 9.17) is 4.74 Å². The second-order valence-corrected chi connectivity index (χ2v) is 6.21. The topological polar surface area (TPSA) is 61.8 Å². The van der Waals surface area contributed by atoms with Crippen molar-refractivity contribution in [2.24, 2.45) is 0 Å². The van der Waals surface area contributed by atoms with Crippen molar-refractivity contribution in [3.05, 3.63) is 0 Å². The van der Waals surface area contributed by atoms with Crippen LogP contribution in [-0.4, -0.2) is 60.4 Å². The zero-order valence-corrected chi connectivity index (χ0v) is 12.7. The minimum Gasteiger partial charge on any atom is -0.480 e. The Morgan fingerprint density at radius 3 is 2.70 bits per heavy atom. The summed E-state index contributed by atoms with van der Waals surface area (Å²) in [6, 6.07) is 0.427. The van der Waals surface area contributed by atoms with Crippen LogP contribution in [0.25, 0.3) is 0 Å². The first-order valence-electron chi connectivity index (χ1n) is 7.86. The van der Waals surface area contributed by atoms with Gasteiger partial charge in [-0.1, -0.05) is 6.92 Å². The zero-order chi connectivity index (χ0) is 14.6. The maximum Gasteiger partial charge on any atom is 0.323 e. The van der Waals surface area contributed by atoms with Gasteiger partial charge in [-0.05, 0) is 45.1 Å². The Morgan fingerprint density at radius 2 is 2.20 bits per heavy atom. The Hall–Kier alpha value is -0.650. The fourth-order valence-electron chi connectivity index (χ4n) is 3.09. The summed E-state index contributed by atoms with van der Waals surface area (Å²) in [5.41, 5.74) is -0.721. The highest BCUT2D eigenvalue weighted by Crippen LogP contribution is 2.27. The van der Waals surface area contributed by atoms with Gasteiger partial charge in [-0.2, -0.15) is 0 Å². The molecule has 1 saturated carbocycles. The molecule has 1 heterocycles. The van der Waals surface area contributed by atoms with E-state index in [-0.39, 0.29) is 0 Å². The fourth-order valence-corrected chi connectivity index (χ4v) is 3.09. The molecule has 2 atom stereocenters. The first kappa shape index (κ1) is 15.7. The molecule has 0 aromatic carbocycles. The van der Waals surface area contributed by atoms with Crippen LogP contribution in [0.5, 0.6) is 0 Å². The number of rotatable bonds is 9. The molecule has 2 fully saturated rings. The van der Waals surface area contributed by atoms with Gasteiger partial charge >= 0.3 is 5.97 Å². The molecule has 1 aliphatic heterocycles. The van der Waals surface area contributed by atoms with E-state index in [1.165, 1.54) is 0 Å². The van der Waals surface area contributed by atoms with Crippen LogP contribution in [-0.2, 0) is 9.53 Å². The number of carboxylic acids is 1. The number of ether oxygens (including phenoxy) is 1. The van der Waals surface area contributed by atoms with Crippen molar-refractivity contribution >= 4 is 5.97 Å². The summed E-state index contributed by atoms with van der Waals surface area (Å²) in [4.78, 5) is 14.0. The van der Waals surface area contributed by atoms with E-state index in [0.717, 1.165) is 45.3 Å². The molecule has 2 aliphatic rings. The molecule has 5 nitrogen and oxygen atoms in total. The number of methoxy groups -OCH3 is 1. The van der Waals surface area contributed by atoms with E-state index in [0.29, 0.717) is 25.0 Å². The fraction of sp³-hybridized carbons (Fsp3) is 0.933. The van der Waals surface area contributed by atoms with Crippen LogP contribution in [0, 0.1) is 0 Å². The predicted molar refractivity (Wildman–Crippen MR) is 77.9 cm³/mol. The van der Waals surface area contributed by atoms with E-state index in [2.05, 4.69) is 10.2 Å². The minimum absolute atomic E-state index is 0.356. The molecule has 1 saturated heterocycles. The standard InChI is InChI=1S/C15H28N2O3/c1-3-15(14(18)19,16-12-5-6-12)8-4-9-17-10-7-13(11-17)20-2/h12-13,16H,3-11H2,1-2H3,(H,18,19). The third kappa shape index (κ3) is 3.93. The van der Waals surface area contributed by atoms with Crippen LogP contribution < -0.4 is 5.32 Å². The number of hydrogen-bond donors (Lipinski definition) is 2. The van der Waals surface area contributed by atoms with E-state index >= 15 is 0 Å². The lowest BCUT2D eigenvalue weighted by atomic mass is 9.90. The molecule has 5 heteroatoms. The molecular formula is C15H28N2O3. The van der Waals surface area contributed by atoms with Gasteiger partial charge < -0.3 is 14.7 Å². The van der Waals surface area contributed by atoms with Gasteiger partial charge in [-0.3, -0.25) is 10.1 Å². The van der Waals surface area contributed by atoms with Crippen molar-refractivity contribution in [2.75, 3.05) is 26.7 Å². The van der Waals surface area contributed by atoms with Crippen LogP contribution >= 0.6 is 0 Å². The average molecular weight is 284 g/mol. The number of nitrogens with one attached hydrogen (secondary N) is 1. The Balaban J connectivity index is 1.78. The van der Waals surface area contributed by atoms with E-state index in [9.17, 15) is 9.90 Å². The number of nitrogens with zero attached hydrogens (tertiary/aromatic N) is 1. The Bertz CT molecular complexity index is 333. The second-order valence-electron chi connectivity index (χ2n) is 6.21. The quantitative estimate of drug-likeness (QED) is 0.671. The first-order chi connectivity index (χ1) is 9.59. The van der Waals surface area contributed by atoms with E-state index in [1.807, 2.05) is 6.92 Å². The van der Waals surface area contributed by atoms with Gasteiger partial charge in [-0.25, -0.2) is 0 Å². The summed E-state index contributed by atoms with van der Waals surface area (Å²) in [5, 5.41) is 12.9. The van der Waals surface area contributed by atoms with Gasteiger partial charge in [0.1, 0.15) is 5.54 Å². The van der Waals surface area contributed by atoms with Crippen molar-refractivity contribution in [1.29, 1.82) is 0 Å². The van der Waals surface area contributed by atoms with Crippen LogP contribution in [0.2, 0.25) is 0 Å². The maximum absolute atomic E-state index is 11.6. The Labute approximate surface area is 121 Å². The monoisotopic (exact) mass is 284 g/mol. The first-order valence-corrected chi connectivity index (χ1v) is 7.86. The third-order valence-electron chi connectivity index (χ3n) is 4.71. The molecule has 0 amide bonds. The highest BCUT2D eigenvalue weighted by Gasteiger charge is 2.40. The molecule has 2 N–H and O–H groups in total. The highest BCUT2D eigenvalue weighted by atomic mass is 16.5. The van der Waals surface area contributed by atoms with Crippen molar-refractivity contribution in [1.82, 2.24) is 10.2 Å². The molecule has 0 spiro atoms. The summed E-state index contributed by atoms with van der Waals surface area (Å²) >= 11 is 0. The molecule has 116 valence electrons. The number of hydrogen-bond acceptors (Lipinski definition) is 4. The number of carboxylic acid groups (broad SMARTS) is 1. The lowest BCUT2D eigenvalue weighted by Crippen LogP contribution is -2.53. The summed E-state index contributed by atoms with van der Waals surface area (Å²) in [6.45, 7) is 5.00. The summed E-state index contributed by atoms with van der Waals surface area (Å²) < 4.78 is 5.36. The molecule has 0 radical (unpaired) electrons. The normalized spacial score (nSPS) is 26.6. The summed E-state index contributed by atoms with van der Waals surface area (Å²) in [6.07, 6.45) is 5.98. The lowest BCUT2D eigenvalue weighted by Gasteiger charge is -2.30. The van der Waals surface area contributed by atoms with Crippen LogP contribution in [0.3, 0.4) is 0 Å². The number of carbonyl (C=O) groups is 1. The van der Waals surface area contributed by atoms with Gasteiger partial charge in [0, 0.05) is 26.2 Å². The number of aliphatic carboxylic acids is 1. The Morgan fingerprint density at radius 1 is 1.45 bits per heavy atom.